The van der Waals surface area contributed by atoms with Crippen molar-refractivity contribution >= 4 is 17.7 Å². The van der Waals surface area contributed by atoms with Crippen LogP contribution in [0.3, 0.4) is 0 Å². The van der Waals surface area contributed by atoms with E-state index in [0.29, 0.717) is 6.04 Å². The van der Waals surface area contributed by atoms with Crippen LogP contribution in [0.1, 0.15) is 25.7 Å². The molecule has 2 heterocycles. The standard InChI is InChI=1S/C13H25N3OS/c1-18-10-8-15-13(17)12-3-2-9-16(12)11-4-6-14-7-5-11/h11-12,14H,2-10H2,1H3,(H,15,17). The van der Waals surface area contributed by atoms with Crippen LogP contribution in [0.2, 0.25) is 0 Å². The molecule has 0 bridgehead atoms. The summed E-state index contributed by atoms with van der Waals surface area (Å²) in [4.78, 5) is 14.6. The molecule has 5 heteroatoms. The molecule has 0 spiro atoms. The van der Waals surface area contributed by atoms with E-state index in [1.165, 1.54) is 19.3 Å². The fourth-order valence-electron chi connectivity index (χ4n) is 3.04. The quantitative estimate of drug-likeness (QED) is 0.722. The van der Waals surface area contributed by atoms with Gasteiger partial charge in [-0.15, -0.1) is 0 Å². The number of thioether (sulfide) groups is 1. The van der Waals surface area contributed by atoms with Gasteiger partial charge in [-0.2, -0.15) is 11.8 Å². The zero-order valence-corrected chi connectivity index (χ0v) is 12.1. The van der Waals surface area contributed by atoms with Gasteiger partial charge < -0.3 is 10.6 Å². The number of carbonyl (C=O) groups is 1. The van der Waals surface area contributed by atoms with Crippen LogP contribution < -0.4 is 10.6 Å². The molecular formula is C13H25N3OS. The van der Waals surface area contributed by atoms with Crippen molar-refractivity contribution in [3.05, 3.63) is 0 Å². The largest absolute Gasteiger partial charge is 0.354 e. The maximum atomic E-state index is 12.2. The van der Waals surface area contributed by atoms with Crippen LogP contribution in [0.25, 0.3) is 0 Å². The summed E-state index contributed by atoms with van der Waals surface area (Å²) in [5.74, 6) is 1.26. The SMILES string of the molecule is CSCCNC(=O)C1CCCN1C1CCNCC1. The first kappa shape index (κ1) is 14.2. The fourth-order valence-corrected chi connectivity index (χ4v) is 3.35. The van der Waals surface area contributed by atoms with Gasteiger partial charge in [0.1, 0.15) is 0 Å². The number of nitrogens with one attached hydrogen (secondary N) is 2. The minimum atomic E-state index is 0.134. The minimum Gasteiger partial charge on any atom is -0.354 e. The molecule has 4 nitrogen and oxygen atoms in total. The third kappa shape index (κ3) is 3.62. The molecule has 1 atom stereocenters. The zero-order valence-electron chi connectivity index (χ0n) is 11.3. The lowest BCUT2D eigenvalue weighted by molar-refractivity contribution is -0.126. The lowest BCUT2D eigenvalue weighted by Gasteiger charge is -2.35. The van der Waals surface area contributed by atoms with Gasteiger partial charge in [-0.25, -0.2) is 0 Å². The van der Waals surface area contributed by atoms with Crippen molar-refractivity contribution in [1.82, 2.24) is 15.5 Å². The molecule has 0 aromatic carbocycles. The first-order chi connectivity index (χ1) is 8.83. The van der Waals surface area contributed by atoms with Gasteiger partial charge in [-0.1, -0.05) is 0 Å². The molecule has 2 aliphatic rings. The Kier molecular flexibility index (Phi) is 5.79. The van der Waals surface area contributed by atoms with E-state index in [9.17, 15) is 4.79 Å². The number of hydrogen-bond acceptors (Lipinski definition) is 4. The number of carbonyl (C=O) groups excluding carboxylic acids is 1. The van der Waals surface area contributed by atoms with Crippen LogP contribution in [-0.2, 0) is 4.79 Å². The molecule has 18 heavy (non-hydrogen) atoms. The van der Waals surface area contributed by atoms with Crippen molar-refractivity contribution in [3.8, 4) is 0 Å². The molecular weight excluding hydrogens is 246 g/mol. The molecule has 104 valence electrons. The van der Waals surface area contributed by atoms with E-state index in [4.69, 9.17) is 0 Å². The van der Waals surface area contributed by atoms with Crippen molar-refractivity contribution in [2.75, 3.05) is 38.2 Å². The number of piperidine rings is 1. The zero-order chi connectivity index (χ0) is 12.8. The number of rotatable bonds is 5. The summed E-state index contributed by atoms with van der Waals surface area (Å²) in [6.45, 7) is 4.10. The highest BCUT2D eigenvalue weighted by Crippen LogP contribution is 2.24. The molecule has 1 unspecified atom stereocenters. The third-order valence-electron chi connectivity index (χ3n) is 3.98. The Morgan fingerprint density at radius 1 is 1.39 bits per heavy atom. The summed E-state index contributed by atoms with van der Waals surface area (Å²) in [5.41, 5.74) is 0. The highest BCUT2D eigenvalue weighted by molar-refractivity contribution is 7.98. The Balaban J connectivity index is 1.84. The second-order valence-electron chi connectivity index (χ2n) is 5.16. The Bertz CT molecular complexity index is 269. The monoisotopic (exact) mass is 271 g/mol. The summed E-state index contributed by atoms with van der Waals surface area (Å²) < 4.78 is 0. The maximum absolute atomic E-state index is 12.2. The third-order valence-corrected chi connectivity index (χ3v) is 4.59. The van der Waals surface area contributed by atoms with Gasteiger partial charge in [0.15, 0.2) is 0 Å². The second-order valence-corrected chi connectivity index (χ2v) is 6.15. The van der Waals surface area contributed by atoms with Gasteiger partial charge in [-0.3, -0.25) is 9.69 Å². The van der Waals surface area contributed by atoms with Crippen LogP contribution in [0, 0.1) is 0 Å². The highest BCUT2D eigenvalue weighted by Gasteiger charge is 2.35. The van der Waals surface area contributed by atoms with Crippen molar-refractivity contribution in [2.45, 2.75) is 37.8 Å². The van der Waals surface area contributed by atoms with E-state index >= 15 is 0 Å². The predicted octanol–water partition coefficient (Wildman–Crippen LogP) is 0.682. The van der Waals surface area contributed by atoms with Gasteiger partial charge in [0.05, 0.1) is 6.04 Å². The Morgan fingerprint density at radius 2 is 2.17 bits per heavy atom. The predicted molar refractivity (Wildman–Crippen MR) is 77.0 cm³/mol. The van der Waals surface area contributed by atoms with Crippen molar-refractivity contribution in [1.29, 1.82) is 0 Å². The number of hydrogen-bond donors (Lipinski definition) is 2. The molecule has 0 aromatic rings. The summed E-state index contributed by atoms with van der Waals surface area (Å²) >= 11 is 1.78. The summed E-state index contributed by atoms with van der Waals surface area (Å²) in [6.07, 6.45) is 6.66. The highest BCUT2D eigenvalue weighted by atomic mass is 32.2. The molecule has 2 aliphatic heterocycles. The number of nitrogens with zero attached hydrogens (tertiary/aromatic N) is 1. The van der Waals surface area contributed by atoms with E-state index in [1.807, 2.05) is 0 Å². The van der Waals surface area contributed by atoms with Gasteiger partial charge in [-0.05, 0) is 51.6 Å². The van der Waals surface area contributed by atoms with Gasteiger partial charge >= 0.3 is 0 Å². The topological polar surface area (TPSA) is 44.4 Å². The van der Waals surface area contributed by atoms with E-state index in [-0.39, 0.29) is 11.9 Å². The van der Waals surface area contributed by atoms with Crippen LogP contribution >= 0.6 is 11.8 Å². The van der Waals surface area contributed by atoms with Crippen LogP contribution in [0.4, 0.5) is 0 Å². The Labute approximate surface area is 114 Å². The molecule has 2 fully saturated rings. The van der Waals surface area contributed by atoms with E-state index in [2.05, 4.69) is 21.8 Å². The van der Waals surface area contributed by atoms with E-state index in [0.717, 1.165) is 38.4 Å². The Morgan fingerprint density at radius 3 is 2.89 bits per heavy atom. The summed E-state index contributed by atoms with van der Waals surface area (Å²) in [7, 11) is 0. The molecule has 2 N–H and O–H groups in total. The smallest absolute Gasteiger partial charge is 0.237 e. The number of amides is 1. The first-order valence-corrected chi connectivity index (χ1v) is 8.45. The van der Waals surface area contributed by atoms with Gasteiger partial charge in [0.25, 0.3) is 0 Å². The van der Waals surface area contributed by atoms with Crippen molar-refractivity contribution in [3.63, 3.8) is 0 Å². The van der Waals surface area contributed by atoms with Gasteiger partial charge in [0, 0.05) is 18.3 Å². The maximum Gasteiger partial charge on any atom is 0.237 e. The normalized spacial score (nSPS) is 26.4. The molecule has 0 aliphatic carbocycles. The minimum absolute atomic E-state index is 0.134. The van der Waals surface area contributed by atoms with Gasteiger partial charge in [0.2, 0.25) is 5.91 Å². The van der Waals surface area contributed by atoms with Crippen LogP contribution in [0.5, 0.6) is 0 Å². The number of likely N-dealkylation sites (tertiary alicyclic amines) is 1. The lowest BCUT2D eigenvalue weighted by Crippen LogP contribution is -2.51. The molecule has 2 saturated heterocycles. The molecule has 1 amide bonds. The van der Waals surface area contributed by atoms with E-state index in [1.54, 1.807) is 11.8 Å². The first-order valence-electron chi connectivity index (χ1n) is 7.06. The fraction of sp³-hybridized carbons (Fsp3) is 0.923. The molecule has 0 aromatic heterocycles. The van der Waals surface area contributed by atoms with Crippen LogP contribution in [0.15, 0.2) is 0 Å². The average Bonchev–Trinajstić information content (AvgIpc) is 2.89. The Hall–Kier alpha value is -0.260. The molecule has 0 radical (unpaired) electrons. The van der Waals surface area contributed by atoms with Crippen molar-refractivity contribution < 1.29 is 4.79 Å². The lowest BCUT2D eigenvalue weighted by atomic mass is 10.0. The average molecular weight is 271 g/mol. The van der Waals surface area contributed by atoms with E-state index < -0.39 is 0 Å². The second kappa shape index (κ2) is 7.36. The summed E-state index contributed by atoms with van der Waals surface area (Å²) in [6, 6.07) is 0.750. The van der Waals surface area contributed by atoms with Crippen molar-refractivity contribution in [2.24, 2.45) is 0 Å². The molecule has 2 rings (SSSR count). The molecule has 0 saturated carbocycles. The van der Waals surface area contributed by atoms with Crippen LogP contribution in [-0.4, -0.2) is 61.1 Å². The summed E-state index contributed by atoms with van der Waals surface area (Å²) in [5, 5.41) is 6.47.